The van der Waals surface area contributed by atoms with E-state index in [0.29, 0.717) is 12.2 Å². The Balaban J connectivity index is 1.66. The van der Waals surface area contributed by atoms with Crippen LogP contribution in [0.25, 0.3) is 0 Å². The Labute approximate surface area is 191 Å². The number of aliphatic imine (C=N–C) groups is 2. The lowest BCUT2D eigenvalue weighted by molar-refractivity contribution is 0.304. The number of unbranched alkanes of at least 4 members (excludes halogenated alkanes) is 3. The van der Waals surface area contributed by atoms with Gasteiger partial charge in [-0.1, -0.05) is 50.7 Å². The van der Waals surface area contributed by atoms with Crippen molar-refractivity contribution in [2.24, 2.45) is 9.98 Å². The van der Waals surface area contributed by atoms with Crippen molar-refractivity contribution in [1.29, 1.82) is 0 Å². The summed E-state index contributed by atoms with van der Waals surface area (Å²) in [5.41, 5.74) is 2.49. The highest BCUT2D eigenvalue weighted by atomic mass is 16.5. The van der Waals surface area contributed by atoms with Gasteiger partial charge in [-0.25, -0.2) is 0 Å². The zero-order chi connectivity index (χ0) is 22.8. The molecule has 0 radical (unpaired) electrons. The molecule has 2 atom stereocenters. The average molecular weight is 437 g/mol. The maximum atomic E-state index is 10.3. The molecule has 2 aromatic rings. The van der Waals surface area contributed by atoms with Crippen LogP contribution in [0.3, 0.4) is 0 Å². The average Bonchev–Trinajstić information content (AvgIpc) is 2.80. The lowest BCUT2D eigenvalue weighted by Gasteiger charge is -2.25. The summed E-state index contributed by atoms with van der Waals surface area (Å²) in [5.74, 6) is 1.20. The fourth-order valence-electron chi connectivity index (χ4n) is 4.01. The lowest BCUT2D eigenvalue weighted by Crippen LogP contribution is -2.27. The Kier molecular flexibility index (Phi) is 9.14. The molecule has 5 nitrogen and oxygen atoms in total. The van der Waals surface area contributed by atoms with Crippen molar-refractivity contribution in [3.63, 3.8) is 0 Å². The van der Waals surface area contributed by atoms with Gasteiger partial charge in [0.05, 0.1) is 18.7 Å². The van der Waals surface area contributed by atoms with Gasteiger partial charge in [0, 0.05) is 23.6 Å². The zero-order valence-corrected chi connectivity index (χ0v) is 19.3. The van der Waals surface area contributed by atoms with Gasteiger partial charge in [-0.15, -0.1) is 0 Å². The summed E-state index contributed by atoms with van der Waals surface area (Å²) in [6.07, 6.45) is 12.3. The first-order valence-electron chi connectivity index (χ1n) is 11.9. The minimum atomic E-state index is 0.0602. The maximum Gasteiger partial charge on any atom is 0.124 e. The van der Waals surface area contributed by atoms with E-state index in [-0.39, 0.29) is 23.6 Å². The summed E-state index contributed by atoms with van der Waals surface area (Å²) in [6.45, 7) is 4.88. The van der Waals surface area contributed by atoms with Crippen molar-refractivity contribution >= 4 is 12.4 Å². The Hall–Kier alpha value is -2.82. The summed E-state index contributed by atoms with van der Waals surface area (Å²) >= 11 is 0. The Morgan fingerprint density at radius 3 is 2.16 bits per heavy atom. The maximum absolute atomic E-state index is 10.3. The van der Waals surface area contributed by atoms with Crippen molar-refractivity contribution in [2.75, 3.05) is 6.61 Å². The van der Waals surface area contributed by atoms with Crippen LogP contribution < -0.4 is 4.74 Å². The van der Waals surface area contributed by atoms with Crippen LogP contribution in [0.15, 0.2) is 46.4 Å². The van der Waals surface area contributed by atoms with Crippen LogP contribution in [0.2, 0.25) is 0 Å². The predicted octanol–water partition coefficient (Wildman–Crippen LogP) is 6.21. The first-order chi connectivity index (χ1) is 15.6. The lowest BCUT2D eigenvalue weighted by atomic mass is 9.91. The summed E-state index contributed by atoms with van der Waals surface area (Å²) in [6, 6.07) is 11.0. The van der Waals surface area contributed by atoms with E-state index in [1.165, 1.54) is 19.3 Å². The van der Waals surface area contributed by atoms with Crippen molar-refractivity contribution in [1.82, 2.24) is 0 Å². The van der Waals surface area contributed by atoms with Crippen LogP contribution in [0.5, 0.6) is 17.2 Å². The minimum absolute atomic E-state index is 0.0602. The standard InChI is InChI=1S/C27H36N2O3/c1-3-4-5-8-15-32-23-12-14-27(31)22(17-23)19-29-25-10-7-6-9-24(25)28-18-21-16-20(2)11-13-26(21)30/h11-14,16-19,24-25,30-31H,3-10,15H2,1-2H3/t24-,25-/m1/s1. The molecule has 0 aliphatic heterocycles. The van der Waals surface area contributed by atoms with Crippen LogP contribution in [-0.2, 0) is 0 Å². The van der Waals surface area contributed by atoms with Gasteiger partial charge in [-0.2, -0.15) is 0 Å². The molecular formula is C27H36N2O3. The predicted molar refractivity (Wildman–Crippen MR) is 132 cm³/mol. The number of benzene rings is 2. The van der Waals surface area contributed by atoms with Crippen molar-refractivity contribution in [3.05, 3.63) is 53.1 Å². The van der Waals surface area contributed by atoms with Gasteiger partial charge in [-0.05, 0) is 56.5 Å². The van der Waals surface area contributed by atoms with E-state index in [1.54, 1.807) is 30.6 Å². The first-order valence-corrected chi connectivity index (χ1v) is 11.9. The molecule has 32 heavy (non-hydrogen) atoms. The molecule has 1 saturated carbocycles. The van der Waals surface area contributed by atoms with E-state index < -0.39 is 0 Å². The number of aromatic hydroxyl groups is 2. The highest BCUT2D eigenvalue weighted by Gasteiger charge is 2.23. The van der Waals surface area contributed by atoms with Crippen LogP contribution in [0, 0.1) is 6.92 Å². The molecule has 5 heteroatoms. The normalized spacial score (nSPS) is 19.1. The van der Waals surface area contributed by atoms with E-state index in [4.69, 9.17) is 14.7 Å². The second-order valence-electron chi connectivity index (χ2n) is 8.67. The smallest absolute Gasteiger partial charge is 0.124 e. The molecule has 0 saturated heterocycles. The molecule has 3 rings (SSSR count). The molecule has 0 amide bonds. The first kappa shape index (κ1) is 23.8. The fourth-order valence-corrected chi connectivity index (χ4v) is 4.01. The van der Waals surface area contributed by atoms with Gasteiger partial charge in [0.1, 0.15) is 17.2 Å². The third-order valence-corrected chi connectivity index (χ3v) is 5.95. The van der Waals surface area contributed by atoms with Crippen molar-refractivity contribution in [3.8, 4) is 17.2 Å². The van der Waals surface area contributed by atoms with E-state index in [2.05, 4.69) is 6.92 Å². The third-order valence-electron chi connectivity index (χ3n) is 5.95. The second-order valence-corrected chi connectivity index (χ2v) is 8.67. The minimum Gasteiger partial charge on any atom is -0.507 e. The number of hydrogen-bond donors (Lipinski definition) is 2. The number of rotatable bonds is 10. The largest absolute Gasteiger partial charge is 0.507 e. The number of ether oxygens (including phenoxy) is 1. The number of nitrogens with zero attached hydrogens (tertiary/aromatic N) is 2. The molecule has 1 fully saturated rings. The molecule has 1 aliphatic rings. The molecule has 0 heterocycles. The van der Waals surface area contributed by atoms with Crippen LogP contribution in [-0.4, -0.2) is 41.3 Å². The molecule has 0 spiro atoms. The quantitative estimate of drug-likeness (QED) is 0.343. The van der Waals surface area contributed by atoms with Gasteiger partial charge < -0.3 is 14.9 Å². The Morgan fingerprint density at radius 1 is 0.875 bits per heavy atom. The van der Waals surface area contributed by atoms with Crippen molar-refractivity contribution in [2.45, 2.75) is 77.3 Å². The number of phenols is 2. The molecule has 0 unspecified atom stereocenters. The molecule has 0 aromatic heterocycles. The van der Waals surface area contributed by atoms with Gasteiger partial charge in [0.2, 0.25) is 0 Å². The fraction of sp³-hybridized carbons (Fsp3) is 0.481. The molecule has 2 aromatic carbocycles. The summed E-state index contributed by atoms with van der Waals surface area (Å²) in [5, 5.41) is 20.4. The summed E-state index contributed by atoms with van der Waals surface area (Å²) < 4.78 is 5.85. The Bertz CT molecular complexity index is 923. The van der Waals surface area contributed by atoms with E-state index >= 15 is 0 Å². The number of phenolic OH excluding ortho intramolecular Hbond substituents is 2. The number of aryl methyl sites for hydroxylation is 1. The van der Waals surface area contributed by atoms with Crippen LogP contribution in [0.1, 0.15) is 75.0 Å². The summed E-state index contributed by atoms with van der Waals surface area (Å²) in [7, 11) is 0. The third kappa shape index (κ3) is 7.11. The summed E-state index contributed by atoms with van der Waals surface area (Å²) in [4.78, 5) is 9.56. The molecular weight excluding hydrogens is 400 g/mol. The SMILES string of the molecule is CCCCCCOc1ccc(O)c(C=N[C@@H]2CCCC[C@H]2N=Cc2cc(C)ccc2O)c1. The highest BCUT2D eigenvalue weighted by Crippen LogP contribution is 2.26. The monoisotopic (exact) mass is 436 g/mol. The Morgan fingerprint density at radius 2 is 1.50 bits per heavy atom. The van der Waals surface area contributed by atoms with Gasteiger partial charge in [0.25, 0.3) is 0 Å². The van der Waals surface area contributed by atoms with Gasteiger partial charge in [0.15, 0.2) is 0 Å². The van der Waals surface area contributed by atoms with Gasteiger partial charge >= 0.3 is 0 Å². The van der Waals surface area contributed by atoms with E-state index in [9.17, 15) is 10.2 Å². The second kappa shape index (κ2) is 12.3. The van der Waals surface area contributed by atoms with Crippen molar-refractivity contribution < 1.29 is 14.9 Å². The topological polar surface area (TPSA) is 74.4 Å². The molecule has 172 valence electrons. The van der Waals surface area contributed by atoms with E-state index in [1.807, 2.05) is 25.1 Å². The zero-order valence-electron chi connectivity index (χ0n) is 19.3. The van der Waals surface area contributed by atoms with Crippen LogP contribution in [0.4, 0.5) is 0 Å². The molecule has 0 bridgehead atoms. The highest BCUT2D eigenvalue weighted by molar-refractivity contribution is 5.85. The van der Waals surface area contributed by atoms with Gasteiger partial charge in [-0.3, -0.25) is 9.98 Å². The number of hydrogen-bond acceptors (Lipinski definition) is 5. The van der Waals surface area contributed by atoms with Crippen LogP contribution >= 0.6 is 0 Å². The molecule has 1 aliphatic carbocycles. The van der Waals surface area contributed by atoms with E-state index in [0.717, 1.165) is 49.0 Å². The molecule has 2 N–H and O–H groups in total.